The second-order valence-electron chi connectivity index (χ2n) is 6.02. The summed E-state index contributed by atoms with van der Waals surface area (Å²) in [5.41, 5.74) is 8.46. The predicted molar refractivity (Wildman–Crippen MR) is 109 cm³/mol. The van der Waals surface area contributed by atoms with E-state index in [1.165, 1.54) is 11.3 Å². The van der Waals surface area contributed by atoms with Gasteiger partial charge in [0.15, 0.2) is 3.92 Å². The Labute approximate surface area is 171 Å². The molecule has 8 nitrogen and oxygen atoms in total. The lowest BCUT2D eigenvalue weighted by molar-refractivity contribution is -0.118. The summed E-state index contributed by atoms with van der Waals surface area (Å²) in [6.45, 7) is 0.388. The number of thiazole rings is 1. The molecule has 0 fully saturated rings. The molecule has 3 aromatic heterocycles. The van der Waals surface area contributed by atoms with Gasteiger partial charge in [0.05, 0.1) is 18.0 Å². The first kappa shape index (κ1) is 18.4. The van der Waals surface area contributed by atoms with E-state index in [1.807, 2.05) is 18.3 Å². The van der Waals surface area contributed by atoms with Gasteiger partial charge in [-0.15, -0.1) is 11.3 Å². The number of hydrogen-bond donors (Lipinski definition) is 2. The second kappa shape index (κ2) is 7.56. The Morgan fingerprint density at radius 1 is 1.36 bits per heavy atom. The molecule has 0 spiro atoms. The number of aryl methyl sites for hydroxylation is 1. The number of hydrogen-bond acceptors (Lipinski definition) is 6. The van der Waals surface area contributed by atoms with Gasteiger partial charge in [-0.05, 0) is 34.1 Å². The summed E-state index contributed by atoms with van der Waals surface area (Å²) in [5, 5.41) is 9.90. The van der Waals surface area contributed by atoms with E-state index in [0.29, 0.717) is 21.8 Å². The molecule has 10 heteroatoms. The lowest BCUT2D eigenvalue weighted by Gasteiger charge is -2.09. The molecule has 0 saturated heterocycles. The number of nitrogens with two attached hydrogens (primary N) is 1. The third-order valence-electron chi connectivity index (χ3n) is 4.07. The van der Waals surface area contributed by atoms with Gasteiger partial charge in [-0.3, -0.25) is 14.3 Å². The van der Waals surface area contributed by atoms with Gasteiger partial charge in [-0.1, -0.05) is 0 Å². The van der Waals surface area contributed by atoms with Crippen molar-refractivity contribution in [3.8, 4) is 11.1 Å². The fourth-order valence-electron chi connectivity index (χ4n) is 2.76. The van der Waals surface area contributed by atoms with Crippen LogP contribution >= 0.6 is 27.3 Å². The van der Waals surface area contributed by atoms with Gasteiger partial charge in [0.2, 0.25) is 5.91 Å². The Bertz CT molecular complexity index is 1170. The third-order valence-corrected chi connectivity index (χ3v) is 5.43. The number of aromatic nitrogens is 3. The minimum Gasteiger partial charge on any atom is -0.472 e. The first-order chi connectivity index (χ1) is 13.5. The van der Waals surface area contributed by atoms with Crippen LogP contribution in [0.25, 0.3) is 22.0 Å². The van der Waals surface area contributed by atoms with E-state index in [2.05, 4.69) is 31.3 Å². The van der Waals surface area contributed by atoms with Crippen LogP contribution in [0.15, 0.2) is 50.6 Å². The van der Waals surface area contributed by atoms with E-state index in [4.69, 9.17) is 10.2 Å². The highest BCUT2D eigenvalue weighted by Crippen LogP contribution is 2.33. The van der Waals surface area contributed by atoms with Crippen LogP contribution in [0.3, 0.4) is 0 Å². The first-order valence-corrected chi connectivity index (χ1v) is 9.91. The van der Waals surface area contributed by atoms with Crippen molar-refractivity contribution in [3.63, 3.8) is 0 Å². The summed E-state index contributed by atoms with van der Waals surface area (Å²) < 4.78 is 7.49. The number of rotatable bonds is 6. The number of fused-ring (bicyclic) bond motifs is 1. The fourth-order valence-corrected chi connectivity index (χ4v) is 3.76. The Morgan fingerprint density at radius 2 is 2.21 bits per heavy atom. The summed E-state index contributed by atoms with van der Waals surface area (Å²) in [6, 6.07) is 5.51. The van der Waals surface area contributed by atoms with E-state index in [-0.39, 0.29) is 18.2 Å². The Balaban J connectivity index is 1.73. The van der Waals surface area contributed by atoms with Crippen LogP contribution in [-0.2, 0) is 11.3 Å². The van der Waals surface area contributed by atoms with E-state index in [9.17, 15) is 9.59 Å². The normalized spacial score (nSPS) is 11.0. The van der Waals surface area contributed by atoms with Crippen molar-refractivity contribution in [1.82, 2.24) is 14.8 Å². The van der Waals surface area contributed by atoms with Gasteiger partial charge < -0.3 is 15.5 Å². The van der Waals surface area contributed by atoms with Gasteiger partial charge in [-0.2, -0.15) is 5.10 Å². The first-order valence-electron chi connectivity index (χ1n) is 8.24. The minimum absolute atomic E-state index is 0.199. The quantitative estimate of drug-likeness (QED) is 0.456. The zero-order chi connectivity index (χ0) is 19.7. The van der Waals surface area contributed by atoms with Gasteiger partial charge in [0.25, 0.3) is 5.91 Å². The number of amides is 2. The van der Waals surface area contributed by atoms with E-state index < -0.39 is 0 Å². The maximum absolute atomic E-state index is 12.6. The molecule has 4 rings (SSSR count). The molecule has 0 radical (unpaired) electrons. The largest absolute Gasteiger partial charge is 0.472 e. The van der Waals surface area contributed by atoms with Crippen LogP contribution in [-0.4, -0.2) is 26.6 Å². The van der Waals surface area contributed by atoms with Crippen molar-refractivity contribution in [2.45, 2.75) is 13.0 Å². The van der Waals surface area contributed by atoms with Crippen molar-refractivity contribution in [2.24, 2.45) is 5.73 Å². The number of furan rings is 1. The lowest BCUT2D eigenvalue weighted by Crippen LogP contribution is -2.14. The van der Waals surface area contributed by atoms with Crippen LogP contribution in [0.5, 0.6) is 0 Å². The molecular weight excluding hydrogens is 446 g/mol. The molecule has 0 atom stereocenters. The molecule has 0 bridgehead atoms. The average molecular weight is 460 g/mol. The van der Waals surface area contributed by atoms with Crippen molar-refractivity contribution < 1.29 is 14.0 Å². The lowest BCUT2D eigenvalue weighted by atomic mass is 10.0. The Kier molecular flexibility index (Phi) is 4.97. The van der Waals surface area contributed by atoms with Crippen molar-refractivity contribution in [3.05, 3.63) is 51.9 Å². The summed E-state index contributed by atoms with van der Waals surface area (Å²) in [4.78, 5) is 27.8. The summed E-state index contributed by atoms with van der Waals surface area (Å²) >= 11 is 4.60. The zero-order valence-electron chi connectivity index (χ0n) is 14.4. The van der Waals surface area contributed by atoms with Crippen molar-refractivity contribution in [1.29, 1.82) is 0 Å². The van der Waals surface area contributed by atoms with Gasteiger partial charge in [-0.25, -0.2) is 4.98 Å². The Hall–Kier alpha value is -2.98. The van der Waals surface area contributed by atoms with Crippen LogP contribution < -0.4 is 11.1 Å². The Morgan fingerprint density at radius 3 is 2.89 bits per heavy atom. The van der Waals surface area contributed by atoms with Gasteiger partial charge in [0, 0.05) is 46.7 Å². The van der Waals surface area contributed by atoms with Gasteiger partial charge >= 0.3 is 0 Å². The molecule has 142 valence electrons. The number of benzene rings is 1. The average Bonchev–Trinajstić information content (AvgIpc) is 3.39. The van der Waals surface area contributed by atoms with E-state index in [1.54, 1.807) is 28.7 Å². The van der Waals surface area contributed by atoms with Crippen molar-refractivity contribution in [2.75, 3.05) is 5.32 Å². The fraction of sp³-hybridized carbons (Fsp3) is 0.111. The molecule has 4 aromatic rings. The molecule has 0 aliphatic carbocycles. The van der Waals surface area contributed by atoms with Crippen LogP contribution in [0.4, 0.5) is 5.69 Å². The number of primary amides is 1. The topological polar surface area (TPSA) is 116 Å². The molecule has 0 saturated carbocycles. The maximum atomic E-state index is 12.6. The van der Waals surface area contributed by atoms with Crippen LogP contribution in [0, 0.1) is 0 Å². The molecule has 0 unspecified atom stereocenters. The number of halogens is 1. The minimum atomic E-state index is -0.388. The molecule has 2 amide bonds. The molecular formula is C18H14BrN5O3S. The third kappa shape index (κ3) is 3.82. The summed E-state index contributed by atoms with van der Waals surface area (Å²) in [7, 11) is 0. The highest BCUT2D eigenvalue weighted by atomic mass is 79.9. The molecule has 3 heterocycles. The second-order valence-corrected chi connectivity index (χ2v) is 8.15. The molecule has 1 aromatic carbocycles. The van der Waals surface area contributed by atoms with E-state index >= 15 is 0 Å². The number of nitrogens with one attached hydrogen (secondary N) is 1. The monoisotopic (exact) mass is 459 g/mol. The number of anilines is 1. The number of nitrogens with zero attached hydrogens (tertiary/aromatic N) is 3. The van der Waals surface area contributed by atoms with E-state index in [0.717, 1.165) is 22.0 Å². The molecule has 0 aliphatic heterocycles. The van der Waals surface area contributed by atoms with Gasteiger partial charge in [0.1, 0.15) is 5.69 Å². The standard InChI is InChI=1S/C18H14BrN5O3S/c19-18-22-15(9-28-18)17(26)21-14-5-11-7-24(3-1-16(20)25)23-13(11)6-12(14)10-2-4-27-8-10/h2,4-9H,1,3H2,(H2,20,25)(H,21,26). The molecule has 0 aliphatic rings. The highest BCUT2D eigenvalue weighted by Gasteiger charge is 2.16. The summed E-state index contributed by atoms with van der Waals surface area (Å²) in [6.07, 6.45) is 5.17. The molecule has 28 heavy (non-hydrogen) atoms. The van der Waals surface area contributed by atoms with Crippen molar-refractivity contribution >= 4 is 55.7 Å². The molecule has 3 N–H and O–H groups in total. The SMILES string of the molecule is NC(=O)CCn1cc2cc(NC(=O)c3csc(Br)n3)c(-c3ccoc3)cc2n1. The number of carbonyl (C=O) groups excluding carboxylic acids is 2. The zero-order valence-corrected chi connectivity index (χ0v) is 16.8. The predicted octanol–water partition coefficient (Wildman–Crippen LogP) is 3.64. The number of carbonyl (C=O) groups is 2. The van der Waals surface area contributed by atoms with Crippen LogP contribution in [0.2, 0.25) is 0 Å². The maximum Gasteiger partial charge on any atom is 0.275 e. The van der Waals surface area contributed by atoms with Crippen LogP contribution in [0.1, 0.15) is 16.9 Å². The highest BCUT2D eigenvalue weighted by molar-refractivity contribution is 9.11. The smallest absolute Gasteiger partial charge is 0.275 e. The summed E-state index contributed by atoms with van der Waals surface area (Å²) in [5.74, 6) is -0.701.